The summed E-state index contributed by atoms with van der Waals surface area (Å²) in [4.78, 5) is 10.5. The van der Waals surface area contributed by atoms with Crippen LogP contribution in [0.2, 0.25) is 0 Å². The molecule has 0 fully saturated rings. The lowest BCUT2D eigenvalue weighted by molar-refractivity contribution is -0.385. The van der Waals surface area contributed by atoms with E-state index >= 15 is 0 Å². The third kappa shape index (κ3) is 3.60. The first kappa shape index (κ1) is 15.5. The van der Waals surface area contributed by atoms with Crippen molar-refractivity contribution in [1.82, 2.24) is 0 Å². The van der Waals surface area contributed by atoms with Crippen molar-refractivity contribution < 1.29 is 14.9 Å². The predicted octanol–water partition coefficient (Wildman–Crippen LogP) is 3.76. The van der Waals surface area contributed by atoms with Gasteiger partial charge in [-0.1, -0.05) is 24.2 Å². The molecule has 0 aliphatic rings. The fraction of sp³-hybridized carbons (Fsp3) is 0.188. The second-order valence-electron chi connectivity index (χ2n) is 4.60. The number of para-hydroxylation sites is 1. The lowest BCUT2D eigenvalue weighted by Gasteiger charge is -2.08. The van der Waals surface area contributed by atoms with E-state index in [9.17, 15) is 10.1 Å². The number of ether oxygens (including phenoxy) is 1. The number of nitrogens with zero attached hydrogens (tertiary/aromatic N) is 2. The van der Waals surface area contributed by atoms with Crippen molar-refractivity contribution in [1.29, 1.82) is 0 Å². The molecule has 0 saturated heterocycles. The molecule has 6 heteroatoms. The minimum Gasteiger partial charge on any atom is -0.489 e. The van der Waals surface area contributed by atoms with Gasteiger partial charge in [0.2, 0.25) is 0 Å². The van der Waals surface area contributed by atoms with Gasteiger partial charge in [0.1, 0.15) is 12.4 Å². The number of rotatable bonds is 6. The lowest BCUT2D eigenvalue weighted by atomic mass is 10.1. The van der Waals surface area contributed by atoms with E-state index in [1.54, 1.807) is 42.5 Å². The first-order chi connectivity index (χ1) is 10.7. The van der Waals surface area contributed by atoms with Gasteiger partial charge in [-0.3, -0.25) is 10.1 Å². The maximum absolute atomic E-state index is 10.9. The van der Waals surface area contributed by atoms with Crippen LogP contribution in [0, 0.1) is 10.1 Å². The van der Waals surface area contributed by atoms with Crippen molar-refractivity contribution in [3.05, 3.63) is 69.8 Å². The first-order valence-corrected chi connectivity index (χ1v) is 6.82. The number of nitro benzene ring substituents is 1. The molecule has 0 aliphatic carbocycles. The van der Waals surface area contributed by atoms with Crippen LogP contribution in [0.15, 0.2) is 53.7 Å². The second-order valence-corrected chi connectivity index (χ2v) is 4.60. The number of oxime groups is 1. The zero-order valence-corrected chi connectivity index (χ0v) is 12.1. The summed E-state index contributed by atoms with van der Waals surface area (Å²) in [6.07, 6.45) is 0.618. The van der Waals surface area contributed by atoms with E-state index in [4.69, 9.17) is 9.94 Å². The van der Waals surface area contributed by atoms with Crippen molar-refractivity contribution in [2.24, 2.45) is 5.16 Å². The highest BCUT2D eigenvalue weighted by Crippen LogP contribution is 2.21. The topological polar surface area (TPSA) is 85.0 Å². The molecule has 0 radical (unpaired) electrons. The van der Waals surface area contributed by atoms with Crippen LogP contribution in [-0.2, 0) is 6.61 Å². The van der Waals surface area contributed by atoms with Crippen LogP contribution in [0.5, 0.6) is 5.75 Å². The first-order valence-electron chi connectivity index (χ1n) is 6.82. The standard InChI is InChI=1S/C16H16N2O4/c1-2-15(17-19)12-7-9-14(10-8-12)22-11-13-5-3-4-6-16(13)18(20)21/h3-10,19H,2,11H2,1H3/b17-15+. The molecule has 6 nitrogen and oxygen atoms in total. The minimum atomic E-state index is -0.424. The van der Waals surface area contributed by atoms with Gasteiger partial charge in [-0.25, -0.2) is 0 Å². The Morgan fingerprint density at radius 2 is 1.91 bits per heavy atom. The molecule has 2 aromatic carbocycles. The van der Waals surface area contributed by atoms with Crippen LogP contribution >= 0.6 is 0 Å². The van der Waals surface area contributed by atoms with Gasteiger partial charge in [0.05, 0.1) is 16.2 Å². The molecular weight excluding hydrogens is 284 g/mol. The lowest BCUT2D eigenvalue weighted by Crippen LogP contribution is -2.01. The molecule has 0 aliphatic heterocycles. The summed E-state index contributed by atoms with van der Waals surface area (Å²) >= 11 is 0. The molecule has 0 heterocycles. The second kappa shape index (κ2) is 7.21. The monoisotopic (exact) mass is 300 g/mol. The Hall–Kier alpha value is -2.89. The fourth-order valence-corrected chi connectivity index (χ4v) is 2.05. The Kier molecular flexibility index (Phi) is 5.08. The van der Waals surface area contributed by atoms with Crippen molar-refractivity contribution in [2.75, 3.05) is 0 Å². The van der Waals surface area contributed by atoms with E-state index < -0.39 is 4.92 Å². The highest BCUT2D eigenvalue weighted by molar-refractivity contribution is 6.00. The summed E-state index contributed by atoms with van der Waals surface area (Å²) in [5, 5.41) is 23.0. The van der Waals surface area contributed by atoms with Crippen LogP contribution in [0.25, 0.3) is 0 Å². The van der Waals surface area contributed by atoms with Gasteiger partial charge in [-0.05, 0) is 42.3 Å². The SMILES string of the molecule is CC/C(=N\O)c1ccc(OCc2ccccc2[N+](=O)[O-])cc1. The molecule has 0 amide bonds. The Bertz CT molecular complexity index is 681. The van der Waals surface area contributed by atoms with Gasteiger partial charge < -0.3 is 9.94 Å². The number of hydrogen-bond donors (Lipinski definition) is 1. The van der Waals surface area contributed by atoms with Gasteiger partial charge in [0.25, 0.3) is 5.69 Å². The summed E-state index contributed by atoms with van der Waals surface area (Å²) in [5.74, 6) is 0.593. The maximum atomic E-state index is 10.9. The molecule has 0 unspecified atom stereocenters. The summed E-state index contributed by atoms with van der Waals surface area (Å²) in [6, 6.07) is 13.5. The fourth-order valence-electron chi connectivity index (χ4n) is 2.05. The summed E-state index contributed by atoms with van der Waals surface area (Å²) in [7, 11) is 0. The van der Waals surface area contributed by atoms with Crippen molar-refractivity contribution in [3.8, 4) is 5.75 Å². The molecule has 1 N–H and O–H groups in total. The largest absolute Gasteiger partial charge is 0.489 e. The van der Waals surface area contributed by atoms with Crippen molar-refractivity contribution >= 4 is 11.4 Å². The molecule has 2 rings (SSSR count). The molecular formula is C16H16N2O4. The molecule has 114 valence electrons. The Morgan fingerprint density at radius 3 is 2.50 bits per heavy atom. The van der Waals surface area contributed by atoms with Gasteiger partial charge >= 0.3 is 0 Å². The van der Waals surface area contributed by atoms with Crippen LogP contribution in [0.1, 0.15) is 24.5 Å². The zero-order chi connectivity index (χ0) is 15.9. The van der Waals surface area contributed by atoms with Crippen molar-refractivity contribution in [3.63, 3.8) is 0 Å². The molecule has 0 bridgehead atoms. The van der Waals surface area contributed by atoms with Crippen LogP contribution in [0.4, 0.5) is 5.69 Å². The number of nitro groups is 1. The highest BCUT2D eigenvalue weighted by atomic mass is 16.6. The number of benzene rings is 2. The van der Waals surface area contributed by atoms with Gasteiger partial charge in [0.15, 0.2) is 0 Å². The Labute approximate surface area is 127 Å². The predicted molar refractivity (Wildman–Crippen MR) is 82.5 cm³/mol. The van der Waals surface area contributed by atoms with E-state index in [0.717, 1.165) is 5.56 Å². The van der Waals surface area contributed by atoms with Crippen molar-refractivity contribution in [2.45, 2.75) is 20.0 Å². The average molecular weight is 300 g/mol. The molecule has 22 heavy (non-hydrogen) atoms. The third-order valence-corrected chi connectivity index (χ3v) is 3.23. The van der Waals surface area contributed by atoms with Gasteiger partial charge in [0, 0.05) is 6.07 Å². The third-order valence-electron chi connectivity index (χ3n) is 3.23. The summed E-state index contributed by atoms with van der Waals surface area (Å²) in [6.45, 7) is 2.01. The van der Waals surface area contributed by atoms with Gasteiger partial charge in [-0.15, -0.1) is 0 Å². The average Bonchev–Trinajstić information content (AvgIpc) is 2.55. The molecule has 2 aromatic rings. The number of hydrogen-bond acceptors (Lipinski definition) is 5. The zero-order valence-electron chi connectivity index (χ0n) is 12.1. The van der Waals surface area contributed by atoms with E-state index in [1.165, 1.54) is 6.07 Å². The molecule has 0 saturated carbocycles. The van der Waals surface area contributed by atoms with Crippen LogP contribution < -0.4 is 4.74 Å². The van der Waals surface area contributed by atoms with Gasteiger partial charge in [-0.2, -0.15) is 0 Å². The maximum Gasteiger partial charge on any atom is 0.276 e. The Balaban J connectivity index is 2.08. The highest BCUT2D eigenvalue weighted by Gasteiger charge is 2.12. The molecule has 0 spiro atoms. The molecule has 0 aromatic heterocycles. The van der Waals surface area contributed by atoms with Crippen LogP contribution in [0.3, 0.4) is 0 Å². The van der Waals surface area contributed by atoms with E-state index in [0.29, 0.717) is 23.4 Å². The van der Waals surface area contributed by atoms with E-state index in [-0.39, 0.29) is 12.3 Å². The van der Waals surface area contributed by atoms with E-state index in [1.807, 2.05) is 6.92 Å². The minimum absolute atomic E-state index is 0.0415. The smallest absolute Gasteiger partial charge is 0.276 e. The van der Waals surface area contributed by atoms with E-state index in [2.05, 4.69) is 5.16 Å². The summed E-state index contributed by atoms with van der Waals surface area (Å²) in [5.41, 5.74) is 1.95. The van der Waals surface area contributed by atoms with Crippen LogP contribution in [-0.4, -0.2) is 15.8 Å². The quantitative estimate of drug-likeness (QED) is 0.381. The summed E-state index contributed by atoms with van der Waals surface area (Å²) < 4.78 is 5.58. The molecule has 0 atom stereocenters. The normalized spacial score (nSPS) is 11.2. The Morgan fingerprint density at radius 1 is 1.23 bits per heavy atom.